The molecular formula is C22H46NO2+. The van der Waals surface area contributed by atoms with Crippen LogP contribution in [-0.4, -0.2) is 43.2 Å². The van der Waals surface area contributed by atoms with Gasteiger partial charge in [0, 0.05) is 0 Å². The van der Waals surface area contributed by atoms with Crippen LogP contribution in [0.15, 0.2) is 0 Å². The van der Waals surface area contributed by atoms with Gasteiger partial charge in [0.25, 0.3) is 0 Å². The van der Waals surface area contributed by atoms with Crippen LogP contribution >= 0.6 is 0 Å². The van der Waals surface area contributed by atoms with Crippen molar-refractivity contribution in [3.8, 4) is 0 Å². The summed E-state index contributed by atoms with van der Waals surface area (Å²) in [5.41, 5.74) is 0. The fourth-order valence-corrected chi connectivity index (χ4v) is 3.45. The third kappa shape index (κ3) is 13.3. The predicted octanol–water partition coefficient (Wildman–Crippen LogP) is 6.11. The molecule has 0 aliphatic carbocycles. The minimum absolute atomic E-state index is 0.0198. The monoisotopic (exact) mass is 356 g/mol. The maximum Gasteiger partial charge on any atom is 0.361 e. The first-order chi connectivity index (χ1) is 12.1. The molecule has 0 fully saturated rings. The largest absolute Gasteiger partial charge is 0.462 e. The Bertz CT molecular complexity index is 292. The fourth-order valence-electron chi connectivity index (χ4n) is 3.45. The Morgan fingerprint density at radius 3 is 1.44 bits per heavy atom. The van der Waals surface area contributed by atoms with Gasteiger partial charge in [-0.05, 0) is 27.2 Å². The molecule has 0 aliphatic rings. The Balaban J connectivity index is 3.42. The average molecular weight is 357 g/mol. The van der Waals surface area contributed by atoms with Gasteiger partial charge in [0.05, 0.1) is 26.2 Å². The van der Waals surface area contributed by atoms with Crippen molar-refractivity contribution in [2.24, 2.45) is 0 Å². The second-order valence-electron chi connectivity index (χ2n) is 7.56. The standard InChI is InChI=1S/C22H46NO2/c1-5-9-10-11-12-13-14-15-16-17-18-19-20-25-22(24)21-23(6-2,7-3)8-4/h5-21H2,1-4H3/q+1. The quantitative estimate of drug-likeness (QED) is 0.168. The lowest BCUT2D eigenvalue weighted by molar-refractivity contribution is -0.916. The fraction of sp³-hybridized carbons (Fsp3) is 0.955. The van der Waals surface area contributed by atoms with Gasteiger partial charge in [-0.25, -0.2) is 4.79 Å². The number of carbonyl (C=O) groups is 1. The van der Waals surface area contributed by atoms with E-state index in [1.165, 1.54) is 70.6 Å². The first-order valence-electron chi connectivity index (χ1n) is 11.1. The predicted molar refractivity (Wildman–Crippen MR) is 109 cm³/mol. The number of rotatable bonds is 18. The summed E-state index contributed by atoms with van der Waals surface area (Å²) in [4.78, 5) is 12.0. The molecule has 0 aromatic carbocycles. The maximum atomic E-state index is 12.0. The molecule has 0 unspecified atom stereocenters. The molecule has 0 aromatic rings. The van der Waals surface area contributed by atoms with E-state index in [0.717, 1.165) is 30.5 Å². The molecule has 25 heavy (non-hydrogen) atoms. The molecule has 0 atom stereocenters. The zero-order valence-electron chi connectivity index (χ0n) is 17.8. The van der Waals surface area contributed by atoms with E-state index < -0.39 is 0 Å². The van der Waals surface area contributed by atoms with Crippen LogP contribution in [0.5, 0.6) is 0 Å². The number of hydrogen-bond acceptors (Lipinski definition) is 2. The van der Waals surface area contributed by atoms with Gasteiger partial charge < -0.3 is 9.22 Å². The zero-order chi connectivity index (χ0) is 18.8. The highest BCUT2D eigenvalue weighted by molar-refractivity contribution is 5.70. The molecule has 3 heteroatoms. The van der Waals surface area contributed by atoms with Crippen molar-refractivity contribution in [2.45, 2.75) is 105 Å². The van der Waals surface area contributed by atoms with E-state index in [2.05, 4.69) is 27.7 Å². The molecule has 0 aromatic heterocycles. The minimum atomic E-state index is -0.0198. The Morgan fingerprint density at radius 2 is 1.04 bits per heavy atom. The van der Waals surface area contributed by atoms with Gasteiger partial charge in [-0.15, -0.1) is 0 Å². The molecule has 0 spiro atoms. The highest BCUT2D eigenvalue weighted by Gasteiger charge is 2.25. The summed E-state index contributed by atoms with van der Waals surface area (Å²) < 4.78 is 6.28. The summed E-state index contributed by atoms with van der Waals surface area (Å²) in [5, 5.41) is 0. The van der Waals surface area contributed by atoms with Gasteiger partial charge in [0.15, 0.2) is 6.54 Å². The van der Waals surface area contributed by atoms with Crippen LogP contribution in [0.2, 0.25) is 0 Å². The lowest BCUT2D eigenvalue weighted by Crippen LogP contribution is -2.51. The molecule has 0 rings (SSSR count). The number of esters is 1. The van der Waals surface area contributed by atoms with Gasteiger partial charge >= 0.3 is 5.97 Å². The van der Waals surface area contributed by atoms with Crippen molar-refractivity contribution in [3.63, 3.8) is 0 Å². The highest BCUT2D eigenvalue weighted by atomic mass is 16.5. The smallest absolute Gasteiger partial charge is 0.361 e. The third-order valence-electron chi connectivity index (χ3n) is 5.74. The average Bonchev–Trinajstić information content (AvgIpc) is 2.63. The van der Waals surface area contributed by atoms with Crippen LogP contribution in [0.1, 0.15) is 105 Å². The lowest BCUT2D eigenvalue weighted by Gasteiger charge is -2.34. The molecule has 3 nitrogen and oxygen atoms in total. The van der Waals surface area contributed by atoms with Gasteiger partial charge in [-0.2, -0.15) is 0 Å². The van der Waals surface area contributed by atoms with Gasteiger partial charge in [0.1, 0.15) is 0 Å². The molecule has 150 valence electrons. The van der Waals surface area contributed by atoms with Crippen molar-refractivity contribution < 1.29 is 14.0 Å². The SMILES string of the molecule is CCCCCCCCCCCCCCOC(=O)C[N+](CC)(CC)CC. The minimum Gasteiger partial charge on any atom is -0.462 e. The Labute approximate surface area is 158 Å². The third-order valence-corrected chi connectivity index (χ3v) is 5.74. The molecule has 0 heterocycles. The normalized spacial score (nSPS) is 11.7. The van der Waals surface area contributed by atoms with E-state index in [-0.39, 0.29) is 5.97 Å². The van der Waals surface area contributed by atoms with E-state index in [1.54, 1.807) is 0 Å². The summed E-state index contributed by atoms with van der Waals surface area (Å²) in [7, 11) is 0. The number of ether oxygens (including phenoxy) is 1. The lowest BCUT2D eigenvalue weighted by atomic mass is 10.1. The molecule has 0 bridgehead atoms. The van der Waals surface area contributed by atoms with E-state index in [4.69, 9.17) is 4.74 Å². The van der Waals surface area contributed by atoms with Crippen LogP contribution in [0.4, 0.5) is 0 Å². The molecule has 0 radical (unpaired) electrons. The number of unbranched alkanes of at least 4 members (excludes halogenated alkanes) is 11. The Morgan fingerprint density at radius 1 is 0.640 bits per heavy atom. The first-order valence-corrected chi connectivity index (χ1v) is 11.1. The van der Waals surface area contributed by atoms with Crippen LogP contribution < -0.4 is 0 Å². The summed E-state index contributed by atoms with van der Waals surface area (Å²) in [5.74, 6) is -0.0198. The van der Waals surface area contributed by atoms with Crippen molar-refractivity contribution in [1.29, 1.82) is 0 Å². The Hall–Kier alpha value is -0.570. The first kappa shape index (κ1) is 24.4. The number of hydrogen-bond donors (Lipinski definition) is 0. The molecule has 0 saturated carbocycles. The number of carbonyl (C=O) groups excluding carboxylic acids is 1. The Kier molecular flexibility index (Phi) is 16.5. The van der Waals surface area contributed by atoms with E-state index in [1.807, 2.05) is 0 Å². The molecule has 0 amide bonds. The van der Waals surface area contributed by atoms with Crippen molar-refractivity contribution >= 4 is 5.97 Å². The van der Waals surface area contributed by atoms with Crippen molar-refractivity contribution in [1.82, 2.24) is 0 Å². The maximum absolute atomic E-state index is 12.0. The molecule has 0 aliphatic heterocycles. The van der Waals surface area contributed by atoms with Gasteiger partial charge in [-0.3, -0.25) is 0 Å². The molecular weight excluding hydrogens is 310 g/mol. The second-order valence-corrected chi connectivity index (χ2v) is 7.56. The van der Waals surface area contributed by atoms with Crippen LogP contribution in [-0.2, 0) is 9.53 Å². The zero-order valence-corrected chi connectivity index (χ0v) is 17.8. The van der Waals surface area contributed by atoms with Crippen LogP contribution in [0.25, 0.3) is 0 Å². The van der Waals surface area contributed by atoms with Crippen LogP contribution in [0.3, 0.4) is 0 Å². The number of likely N-dealkylation sites (N-methyl/N-ethyl adjacent to an activating group) is 1. The van der Waals surface area contributed by atoms with Gasteiger partial charge in [0.2, 0.25) is 0 Å². The van der Waals surface area contributed by atoms with Crippen LogP contribution in [0, 0.1) is 0 Å². The summed E-state index contributed by atoms with van der Waals surface area (Å²) in [6.07, 6.45) is 16.0. The second kappa shape index (κ2) is 16.9. The summed E-state index contributed by atoms with van der Waals surface area (Å²) in [6, 6.07) is 0. The summed E-state index contributed by atoms with van der Waals surface area (Å²) in [6.45, 7) is 12.9. The topological polar surface area (TPSA) is 26.3 Å². The number of nitrogens with zero attached hydrogens (tertiary/aromatic N) is 1. The van der Waals surface area contributed by atoms with E-state index >= 15 is 0 Å². The van der Waals surface area contributed by atoms with Crippen molar-refractivity contribution in [3.05, 3.63) is 0 Å². The van der Waals surface area contributed by atoms with E-state index in [0.29, 0.717) is 13.2 Å². The van der Waals surface area contributed by atoms with Gasteiger partial charge in [-0.1, -0.05) is 77.6 Å². The molecule has 0 saturated heterocycles. The van der Waals surface area contributed by atoms with E-state index in [9.17, 15) is 4.79 Å². The highest BCUT2D eigenvalue weighted by Crippen LogP contribution is 2.12. The number of quaternary nitrogens is 1. The van der Waals surface area contributed by atoms with Crippen molar-refractivity contribution in [2.75, 3.05) is 32.8 Å². The molecule has 0 N–H and O–H groups in total. The summed E-state index contributed by atoms with van der Waals surface area (Å²) >= 11 is 0.